The van der Waals surface area contributed by atoms with Crippen molar-refractivity contribution in [1.29, 1.82) is 0 Å². The van der Waals surface area contributed by atoms with Crippen LogP contribution in [0.3, 0.4) is 0 Å². The van der Waals surface area contributed by atoms with Gasteiger partial charge in [-0.2, -0.15) is 0 Å². The number of carbonyl (C=O) groups excluding carboxylic acids is 1. The molecule has 1 unspecified atom stereocenters. The number of rotatable bonds is 6. The minimum atomic E-state index is -1.03. The average Bonchev–Trinajstić information content (AvgIpc) is 2.12. The van der Waals surface area contributed by atoms with E-state index in [1.165, 1.54) is 0 Å². The number of nitrogens with one attached hydrogen (secondary N) is 2. The molecule has 5 nitrogen and oxygen atoms in total. The lowest BCUT2D eigenvalue weighted by Gasteiger charge is -2.16. The first-order chi connectivity index (χ1) is 7.32. The van der Waals surface area contributed by atoms with Crippen LogP contribution in [0.1, 0.15) is 20.3 Å². The second-order valence-corrected chi connectivity index (χ2v) is 4.99. The van der Waals surface area contributed by atoms with E-state index in [2.05, 4.69) is 33.1 Å². The fourth-order valence-electron chi connectivity index (χ4n) is 1.08. The molecule has 0 radical (unpaired) electrons. The maximum Gasteiger partial charge on any atom is 0.326 e. The number of aliphatic carboxylic acids is 1. The van der Waals surface area contributed by atoms with Crippen LogP contribution in [0.15, 0.2) is 11.1 Å². The van der Waals surface area contributed by atoms with Gasteiger partial charge in [0, 0.05) is 4.48 Å². The number of carbonyl (C=O) groups is 2. The molecule has 92 valence electrons. The zero-order chi connectivity index (χ0) is 12.7. The molecule has 0 rings (SSSR count). The molecule has 0 fully saturated rings. The number of urea groups is 1. The Morgan fingerprint density at radius 3 is 2.38 bits per heavy atom. The van der Waals surface area contributed by atoms with E-state index in [0.717, 1.165) is 0 Å². The predicted molar refractivity (Wildman–Crippen MR) is 65.5 cm³/mol. The van der Waals surface area contributed by atoms with Gasteiger partial charge in [-0.25, -0.2) is 9.59 Å². The molecule has 0 aliphatic carbocycles. The van der Waals surface area contributed by atoms with E-state index in [1.807, 2.05) is 13.8 Å². The van der Waals surface area contributed by atoms with E-state index in [1.54, 1.807) is 0 Å². The van der Waals surface area contributed by atoms with Crippen molar-refractivity contribution in [2.24, 2.45) is 5.92 Å². The molecule has 1 atom stereocenters. The molecule has 3 N–H and O–H groups in total. The molecule has 0 saturated carbocycles. The molecule has 6 heteroatoms. The Hall–Kier alpha value is -1.04. The van der Waals surface area contributed by atoms with Gasteiger partial charge >= 0.3 is 12.0 Å². The maximum absolute atomic E-state index is 11.3. The Balaban J connectivity index is 4.13. The lowest BCUT2D eigenvalue weighted by Crippen LogP contribution is -2.46. The summed E-state index contributed by atoms with van der Waals surface area (Å²) in [5.41, 5.74) is 0. The molecule has 0 heterocycles. The Kier molecular flexibility index (Phi) is 6.80. The lowest BCUT2D eigenvalue weighted by atomic mass is 10.0. The molecule has 0 bridgehead atoms. The summed E-state index contributed by atoms with van der Waals surface area (Å²) in [4.78, 5) is 22.1. The summed E-state index contributed by atoms with van der Waals surface area (Å²) in [7, 11) is 0. The van der Waals surface area contributed by atoms with Crippen LogP contribution in [-0.4, -0.2) is 29.7 Å². The molecule has 0 aromatic carbocycles. The molecule has 2 amide bonds. The van der Waals surface area contributed by atoms with Gasteiger partial charge in [-0.05, 0) is 12.3 Å². The van der Waals surface area contributed by atoms with Gasteiger partial charge in [0.05, 0.1) is 6.54 Å². The van der Waals surface area contributed by atoms with E-state index in [0.29, 0.717) is 10.9 Å². The molecule has 0 spiro atoms. The summed E-state index contributed by atoms with van der Waals surface area (Å²) in [6, 6.07) is -1.36. The van der Waals surface area contributed by atoms with Gasteiger partial charge in [-0.1, -0.05) is 36.4 Å². The predicted octanol–water partition coefficient (Wildman–Crippen LogP) is 1.69. The first-order valence-corrected chi connectivity index (χ1v) is 5.72. The number of hydrogen-bond donors (Lipinski definition) is 3. The third kappa shape index (κ3) is 7.28. The van der Waals surface area contributed by atoms with E-state index in [4.69, 9.17) is 5.11 Å². The Morgan fingerprint density at radius 2 is 2.00 bits per heavy atom. The van der Waals surface area contributed by atoms with Gasteiger partial charge in [0.2, 0.25) is 0 Å². The van der Waals surface area contributed by atoms with Crippen molar-refractivity contribution in [3.63, 3.8) is 0 Å². The number of amides is 2. The summed E-state index contributed by atoms with van der Waals surface area (Å²) >= 11 is 3.09. The van der Waals surface area contributed by atoms with Crippen molar-refractivity contribution in [3.05, 3.63) is 11.1 Å². The van der Waals surface area contributed by atoms with Crippen LogP contribution in [-0.2, 0) is 4.79 Å². The second-order valence-electron chi connectivity index (χ2n) is 3.86. The molecule has 0 aromatic rings. The van der Waals surface area contributed by atoms with Crippen LogP contribution in [0, 0.1) is 5.92 Å². The lowest BCUT2D eigenvalue weighted by molar-refractivity contribution is -0.139. The van der Waals surface area contributed by atoms with Crippen molar-refractivity contribution in [3.8, 4) is 0 Å². The Bertz CT molecular complexity index is 279. The maximum atomic E-state index is 11.3. The minimum absolute atomic E-state index is 0.201. The highest BCUT2D eigenvalue weighted by molar-refractivity contribution is 9.11. The first-order valence-electron chi connectivity index (χ1n) is 4.93. The van der Waals surface area contributed by atoms with Gasteiger partial charge in [-0.15, -0.1) is 0 Å². The summed E-state index contributed by atoms with van der Waals surface area (Å²) in [5.74, 6) is -0.825. The minimum Gasteiger partial charge on any atom is -0.480 e. The largest absolute Gasteiger partial charge is 0.480 e. The molecular formula is C10H17BrN2O3. The van der Waals surface area contributed by atoms with Crippen molar-refractivity contribution in [2.45, 2.75) is 26.3 Å². The van der Waals surface area contributed by atoms with Crippen LogP contribution in [0.4, 0.5) is 4.79 Å². The van der Waals surface area contributed by atoms with Crippen LogP contribution in [0.5, 0.6) is 0 Å². The van der Waals surface area contributed by atoms with E-state index in [9.17, 15) is 9.59 Å². The third-order valence-electron chi connectivity index (χ3n) is 1.75. The van der Waals surface area contributed by atoms with E-state index < -0.39 is 18.0 Å². The smallest absolute Gasteiger partial charge is 0.326 e. The fraction of sp³-hybridized carbons (Fsp3) is 0.600. The monoisotopic (exact) mass is 292 g/mol. The van der Waals surface area contributed by atoms with Gasteiger partial charge < -0.3 is 15.7 Å². The standard InChI is InChI=1S/C10H17BrN2O3/c1-6(2)4-8(9(14)15)13-10(16)12-5-7(3)11/h6,8H,3-5H2,1-2H3,(H,14,15)(H2,12,13,16). The number of halogens is 1. The molecule has 0 saturated heterocycles. The SMILES string of the molecule is C=C(Br)CNC(=O)NC(CC(C)C)C(=O)O. The Morgan fingerprint density at radius 1 is 1.44 bits per heavy atom. The van der Waals surface area contributed by atoms with Crippen molar-refractivity contribution >= 4 is 27.9 Å². The molecule has 0 aliphatic heterocycles. The zero-order valence-corrected chi connectivity index (χ0v) is 11.0. The van der Waals surface area contributed by atoms with Gasteiger partial charge in [0.25, 0.3) is 0 Å². The second kappa shape index (κ2) is 7.27. The first kappa shape index (κ1) is 15.0. The average molecular weight is 293 g/mol. The van der Waals surface area contributed by atoms with E-state index >= 15 is 0 Å². The summed E-state index contributed by atoms with van der Waals surface area (Å²) in [6.45, 7) is 7.61. The molecule has 0 aromatic heterocycles. The van der Waals surface area contributed by atoms with Gasteiger partial charge in [0.15, 0.2) is 0 Å². The molecule has 0 aliphatic rings. The summed E-state index contributed by atoms with van der Waals surface area (Å²) < 4.78 is 0.624. The van der Waals surface area contributed by atoms with Crippen molar-refractivity contribution in [1.82, 2.24) is 10.6 Å². The third-order valence-corrected chi connectivity index (χ3v) is 2.03. The van der Waals surface area contributed by atoms with Crippen LogP contribution in [0.2, 0.25) is 0 Å². The van der Waals surface area contributed by atoms with Gasteiger partial charge in [-0.3, -0.25) is 0 Å². The van der Waals surface area contributed by atoms with Gasteiger partial charge in [0.1, 0.15) is 6.04 Å². The Labute approximate surface area is 103 Å². The highest BCUT2D eigenvalue weighted by Crippen LogP contribution is 2.04. The summed E-state index contributed by atoms with van der Waals surface area (Å²) in [5, 5.41) is 13.8. The number of carboxylic acid groups (broad SMARTS) is 1. The van der Waals surface area contributed by atoms with Crippen LogP contribution >= 0.6 is 15.9 Å². The van der Waals surface area contributed by atoms with Crippen molar-refractivity contribution < 1.29 is 14.7 Å². The normalized spacial score (nSPS) is 12.0. The highest BCUT2D eigenvalue weighted by atomic mass is 79.9. The number of hydrogen-bond acceptors (Lipinski definition) is 2. The highest BCUT2D eigenvalue weighted by Gasteiger charge is 2.20. The number of carboxylic acids is 1. The quantitative estimate of drug-likeness (QED) is 0.697. The summed E-state index contributed by atoms with van der Waals surface area (Å²) in [6.07, 6.45) is 0.401. The van der Waals surface area contributed by atoms with Crippen LogP contribution in [0.25, 0.3) is 0 Å². The topological polar surface area (TPSA) is 78.4 Å². The van der Waals surface area contributed by atoms with Crippen molar-refractivity contribution in [2.75, 3.05) is 6.54 Å². The van der Waals surface area contributed by atoms with Crippen LogP contribution < -0.4 is 10.6 Å². The molecular weight excluding hydrogens is 276 g/mol. The molecule has 16 heavy (non-hydrogen) atoms. The van der Waals surface area contributed by atoms with E-state index in [-0.39, 0.29) is 12.5 Å². The fourth-order valence-corrected chi connectivity index (χ4v) is 1.22. The zero-order valence-electron chi connectivity index (χ0n) is 9.42.